The van der Waals surface area contributed by atoms with Gasteiger partial charge in [0.2, 0.25) is 5.91 Å². The SMILES string of the molecule is Cc1n[nH]c(C)c1CC(=O)NCC(C)C. The zero-order valence-corrected chi connectivity index (χ0v) is 9.85. The van der Waals surface area contributed by atoms with Crippen LogP contribution in [0.4, 0.5) is 0 Å². The number of hydrogen-bond acceptors (Lipinski definition) is 2. The van der Waals surface area contributed by atoms with Gasteiger partial charge < -0.3 is 5.32 Å². The molecule has 84 valence electrons. The molecule has 15 heavy (non-hydrogen) atoms. The van der Waals surface area contributed by atoms with Crippen LogP contribution in [-0.2, 0) is 11.2 Å². The Bertz CT molecular complexity index is 322. The largest absolute Gasteiger partial charge is 0.356 e. The molecule has 0 saturated heterocycles. The van der Waals surface area contributed by atoms with Crippen LogP contribution in [0.25, 0.3) is 0 Å². The number of carbonyl (C=O) groups excluding carboxylic acids is 1. The fourth-order valence-corrected chi connectivity index (χ4v) is 1.38. The number of aryl methyl sites for hydroxylation is 2. The van der Waals surface area contributed by atoms with Gasteiger partial charge in [-0.05, 0) is 19.8 Å². The minimum Gasteiger partial charge on any atom is -0.356 e. The van der Waals surface area contributed by atoms with Gasteiger partial charge in [-0.2, -0.15) is 5.10 Å². The van der Waals surface area contributed by atoms with Crippen molar-refractivity contribution in [1.29, 1.82) is 0 Å². The topological polar surface area (TPSA) is 57.8 Å². The lowest BCUT2D eigenvalue weighted by Gasteiger charge is -2.07. The number of nitrogens with zero attached hydrogens (tertiary/aromatic N) is 1. The van der Waals surface area contributed by atoms with Crippen LogP contribution in [0, 0.1) is 19.8 Å². The Balaban J connectivity index is 2.51. The van der Waals surface area contributed by atoms with E-state index in [1.54, 1.807) is 0 Å². The summed E-state index contributed by atoms with van der Waals surface area (Å²) in [6.07, 6.45) is 0.418. The first kappa shape index (κ1) is 11.8. The van der Waals surface area contributed by atoms with Crippen LogP contribution in [0.3, 0.4) is 0 Å². The predicted molar refractivity (Wildman–Crippen MR) is 59.6 cm³/mol. The Labute approximate surface area is 90.5 Å². The highest BCUT2D eigenvalue weighted by atomic mass is 16.1. The Kier molecular flexibility index (Phi) is 3.88. The molecule has 4 heteroatoms. The van der Waals surface area contributed by atoms with Crippen molar-refractivity contribution in [1.82, 2.24) is 15.5 Å². The fourth-order valence-electron chi connectivity index (χ4n) is 1.38. The Morgan fingerprint density at radius 3 is 2.60 bits per heavy atom. The molecule has 4 nitrogen and oxygen atoms in total. The quantitative estimate of drug-likeness (QED) is 0.786. The molecule has 0 fully saturated rings. The average molecular weight is 209 g/mol. The van der Waals surface area contributed by atoms with E-state index < -0.39 is 0 Å². The zero-order chi connectivity index (χ0) is 11.4. The summed E-state index contributed by atoms with van der Waals surface area (Å²) in [5.41, 5.74) is 2.90. The van der Waals surface area contributed by atoms with Crippen LogP contribution in [0.5, 0.6) is 0 Å². The third-order valence-electron chi connectivity index (χ3n) is 2.33. The molecule has 0 bridgehead atoms. The van der Waals surface area contributed by atoms with Crippen molar-refractivity contribution in [3.8, 4) is 0 Å². The molecule has 0 atom stereocenters. The van der Waals surface area contributed by atoms with E-state index in [1.165, 1.54) is 0 Å². The molecular weight excluding hydrogens is 190 g/mol. The molecule has 0 aliphatic rings. The van der Waals surface area contributed by atoms with Crippen molar-refractivity contribution >= 4 is 5.91 Å². The highest BCUT2D eigenvalue weighted by Crippen LogP contribution is 2.09. The molecule has 0 spiro atoms. The van der Waals surface area contributed by atoms with Gasteiger partial charge in [0.15, 0.2) is 0 Å². The molecule has 0 unspecified atom stereocenters. The molecule has 0 aliphatic heterocycles. The van der Waals surface area contributed by atoms with E-state index >= 15 is 0 Å². The van der Waals surface area contributed by atoms with E-state index in [0.717, 1.165) is 23.5 Å². The summed E-state index contributed by atoms with van der Waals surface area (Å²) in [5, 5.41) is 9.83. The van der Waals surface area contributed by atoms with Crippen molar-refractivity contribution < 1.29 is 4.79 Å². The molecule has 1 amide bonds. The number of aromatic amines is 1. The summed E-state index contributed by atoms with van der Waals surface area (Å²) in [4.78, 5) is 11.6. The number of amides is 1. The maximum Gasteiger partial charge on any atom is 0.224 e. The van der Waals surface area contributed by atoms with E-state index in [9.17, 15) is 4.79 Å². The molecule has 0 radical (unpaired) electrons. The van der Waals surface area contributed by atoms with Crippen LogP contribution >= 0.6 is 0 Å². The highest BCUT2D eigenvalue weighted by Gasteiger charge is 2.11. The van der Waals surface area contributed by atoms with Crippen molar-refractivity contribution in [2.45, 2.75) is 34.1 Å². The van der Waals surface area contributed by atoms with Crippen LogP contribution in [0.15, 0.2) is 0 Å². The monoisotopic (exact) mass is 209 g/mol. The highest BCUT2D eigenvalue weighted by molar-refractivity contribution is 5.79. The summed E-state index contributed by atoms with van der Waals surface area (Å²) in [6, 6.07) is 0. The van der Waals surface area contributed by atoms with Gasteiger partial charge in [0.1, 0.15) is 0 Å². The Hall–Kier alpha value is -1.32. The van der Waals surface area contributed by atoms with Crippen molar-refractivity contribution in [3.63, 3.8) is 0 Å². The lowest BCUT2D eigenvalue weighted by atomic mass is 10.1. The molecule has 1 aromatic rings. The molecule has 1 heterocycles. The number of H-pyrrole nitrogens is 1. The van der Waals surface area contributed by atoms with Gasteiger partial charge >= 0.3 is 0 Å². The number of nitrogens with one attached hydrogen (secondary N) is 2. The summed E-state index contributed by atoms with van der Waals surface area (Å²) in [5.74, 6) is 0.553. The van der Waals surface area contributed by atoms with E-state index in [4.69, 9.17) is 0 Å². The Morgan fingerprint density at radius 1 is 1.47 bits per heavy atom. The second-order valence-electron chi connectivity index (χ2n) is 4.29. The van der Waals surface area contributed by atoms with Gasteiger partial charge in [-0.15, -0.1) is 0 Å². The minimum absolute atomic E-state index is 0.0660. The fraction of sp³-hybridized carbons (Fsp3) is 0.636. The molecule has 0 aromatic carbocycles. The van der Waals surface area contributed by atoms with Gasteiger partial charge in [-0.1, -0.05) is 13.8 Å². The maximum atomic E-state index is 11.6. The summed E-state index contributed by atoms with van der Waals surface area (Å²) in [6.45, 7) is 8.73. The average Bonchev–Trinajstić information content (AvgIpc) is 2.46. The number of rotatable bonds is 4. The van der Waals surface area contributed by atoms with Crippen molar-refractivity contribution in [3.05, 3.63) is 17.0 Å². The molecular formula is C11H19N3O. The van der Waals surface area contributed by atoms with Gasteiger partial charge in [0.25, 0.3) is 0 Å². The number of carbonyl (C=O) groups is 1. The van der Waals surface area contributed by atoms with Gasteiger partial charge in [-0.25, -0.2) is 0 Å². The normalized spacial score (nSPS) is 10.7. The van der Waals surface area contributed by atoms with Crippen molar-refractivity contribution in [2.24, 2.45) is 5.92 Å². The number of aromatic nitrogens is 2. The lowest BCUT2D eigenvalue weighted by molar-refractivity contribution is -0.120. The van der Waals surface area contributed by atoms with E-state index in [0.29, 0.717) is 12.3 Å². The zero-order valence-electron chi connectivity index (χ0n) is 9.85. The van der Waals surface area contributed by atoms with E-state index in [2.05, 4.69) is 29.4 Å². The van der Waals surface area contributed by atoms with Gasteiger partial charge in [-0.3, -0.25) is 9.89 Å². The van der Waals surface area contributed by atoms with E-state index in [-0.39, 0.29) is 5.91 Å². The third kappa shape index (κ3) is 3.38. The minimum atomic E-state index is 0.0660. The maximum absolute atomic E-state index is 11.6. The van der Waals surface area contributed by atoms with Crippen molar-refractivity contribution in [2.75, 3.05) is 6.54 Å². The molecule has 0 saturated carbocycles. The van der Waals surface area contributed by atoms with Crippen LogP contribution in [-0.4, -0.2) is 22.6 Å². The van der Waals surface area contributed by atoms with Gasteiger partial charge in [0, 0.05) is 17.8 Å². The second kappa shape index (κ2) is 4.96. The van der Waals surface area contributed by atoms with Crippen LogP contribution in [0.1, 0.15) is 30.8 Å². The standard InChI is InChI=1S/C11H19N3O/c1-7(2)6-12-11(15)5-10-8(3)13-14-9(10)4/h7H,5-6H2,1-4H3,(H,12,15)(H,13,14). The summed E-state index contributed by atoms with van der Waals surface area (Å²) in [7, 11) is 0. The second-order valence-corrected chi connectivity index (χ2v) is 4.29. The predicted octanol–water partition coefficient (Wildman–Crippen LogP) is 1.34. The van der Waals surface area contributed by atoms with E-state index in [1.807, 2.05) is 13.8 Å². The summed E-state index contributed by atoms with van der Waals surface area (Å²) < 4.78 is 0. The summed E-state index contributed by atoms with van der Waals surface area (Å²) >= 11 is 0. The molecule has 2 N–H and O–H groups in total. The Morgan fingerprint density at radius 2 is 2.13 bits per heavy atom. The molecule has 1 aromatic heterocycles. The lowest BCUT2D eigenvalue weighted by Crippen LogP contribution is -2.28. The van der Waals surface area contributed by atoms with Crippen LogP contribution < -0.4 is 5.32 Å². The molecule has 1 rings (SSSR count). The first-order valence-electron chi connectivity index (χ1n) is 5.27. The third-order valence-corrected chi connectivity index (χ3v) is 2.33. The van der Waals surface area contributed by atoms with Gasteiger partial charge in [0.05, 0.1) is 12.1 Å². The first-order valence-corrected chi connectivity index (χ1v) is 5.27. The molecule has 0 aliphatic carbocycles. The smallest absolute Gasteiger partial charge is 0.224 e. The number of hydrogen-bond donors (Lipinski definition) is 2. The first-order chi connectivity index (χ1) is 7.00. The van der Waals surface area contributed by atoms with Crippen LogP contribution in [0.2, 0.25) is 0 Å².